The topological polar surface area (TPSA) is 55.4 Å². The van der Waals surface area contributed by atoms with Crippen molar-refractivity contribution in [2.45, 2.75) is 17.6 Å². The van der Waals surface area contributed by atoms with Crippen LogP contribution in [0, 0.1) is 5.82 Å². The highest BCUT2D eigenvalue weighted by Gasteiger charge is 2.31. The van der Waals surface area contributed by atoms with Gasteiger partial charge in [-0.05, 0) is 42.0 Å². The summed E-state index contributed by atoms with van der Waals surface area (Å²) in [5.41, 5.74) is -1.39. The van der Waals surface area contributed by atoms with Gasteiger partial charge < -0.3 is 4.74 Å². The van der Waals surface area contributed by atoms with Gasteiger partial charge in [-0.25, -0.2) is 17.5 Å². The van der Waals surface area contributed by atoms with Gasteiger partial charge in [-0.2, -0.15) is 13.2 Å². The third kappa shape index (κ3) is 4.83. The summed E-state index contributed by atoms with van der Waals surface area (Å²) in [7, 11) is -2.89. The zero-order valence-corrected chi connectivity index (χ0v) is 14.3. The van der Waals surface area contributed by atoms with Crippen molar-refractivity contribution in [3.05, 3.63) is 58.4 Å². The van der Waals surface area contributed by atoms with Crippen molar-refractivity contribution >= 4 is 21.6 Å². The van der Waals surface area contributed by atoms with Crippen LogP contribution in [0.15, 0.2) is 41.3 Å². The maximum Gasteiger partial charge on any atom is 0.416 e. The normalized spacial score (nSPS) is 12.2. The number of nitrogens with one attached hydrogen (secondary N) is 1. The van der Waals surface area contributed by atoms with Gasteiger partial charge in [0.1, 0.15) is 16.5 Å². The molecule has 2 rings (SSSR count). The van der Waals surface area contributed by atoms with Crippen LogP contribution in [0.25, 0.3) is 0 Å². The first-order valence-corrected chi connectivity index (χ1v) is 8.59. The van der Waals surface area contributed by atoms with E-state index in [1.807, 2.05) is 0 Å². The van der Waals surface area contributed by atoms with Gasteiger partial charge in [0, 0.05) is 11.6 Å². The minimum atomic E-state index is -4.74. The molecule has 0 saturated heterocycles. The summed E-state index contributed by atoms with van der Waals surface area (Å²) in [6, 6.07) is 5.70. The molecule has 0 atom stereocenters. The van der Waals surface area contributed by atoms with Gasteiger partial charge in [0.05, 0.1) is 12.7 Å². The number of alkyl halides is 3. The smallest absolute Gasteiger partial charge is 0.416 e. The molecule has 0 spiro atoms. The standard InChI is InChI=1S/C15H12ClF4NO3S/c1-24-13-3-2-11(16)7-14(13)25(22,23)21-8-9-4-10(15(18,19)20)6-12(17)5-9/h2-7,21H,8H2,1H3. The van der Waals surface area contributed by atoms with Crippen molar-refractivity contribution in [3.8, 4) is 5.75 Å². The predicted molar refractivity (Wildman–Crippen MR) is 83.4 cm³/mol. The van der Waals surface area contributed by atoms with Gasteiger partial charge >= 0.3 is 6.18 Å². The molecule has 2 aromatic rings. The van der Waals surface area contributed by atoms with Gasteiger partial charge in [0.2, 0.25) is 10.0 Å². The average molecular weight is 398 g/mol. The van der Waals surface area contributed by atoms with E-state index in [9.17, 15) is 26.0 Å². The molecule has 0 amide bonds. The third-order valence-corrected chi connectivity index (χ3v) is 4.82. The zero-order valence-electron chi connectivity index (χ0n) is 12.7. The van der Waals surface area contributed by atoms with Crippen molar-refractivity contribution in [2.24, 2.45) is 0 Å². The van der Waals surface area contributed by atoms with Crippen LogP contribution < -0.4 is 9.46 Å². The summed E-state index contributed by atoms with van der Waals surface area (Å²) < 4.78 is 83.1. The first kappa shape index (κ1) is 19.5. The van der Waals surface area contributed by atoms with E-state index in [1.165, 1.54) is 19.2 Å². The number of rotatable bonds is 5. The van der Waals surface area contributed by atoms with Gasteiger partial charge in [-0.1, -0.05) is 11.6 Å². The Bertz CT molecular complexity index is 885. The second-order valence-electron chi connectivity index (χ2n) is 4.97. The number of hydrogen-bond acceptors (Lipinski definition) is 3. The molecule has 0 radical (unpaired) electrons. The van der Waals surface area contributed by atoms with E-state index in [1.54, 1.807) is 0 Å². The number of sulfonamides is 1. The van der Waals surface area contributed by atoms with Crippen LogP contribution >= 0.6 is 11.6 Å². The molecule has 0 aliphatic rings. The highest BCUT2D eigenvalue weighted by molar-refractivity contribution is 7.89. The summed E-state index contributed by atoms with van der Waals surface area (Å²) in [6.45, 7) is -0.543. The molecular weight excluding hydrogens is 386 g/mol. The highest BCUT2D eigenvalue weighted by Crippen LogP contribution is 2.31. The lowest BCUT2D eigenvalue weighted by atomic mass is 10.1. The van der Waals surface area contributed by atoms with Gasteiger partial charge in [0.15, 0.2) is 0 Å². The van der Waals surface area contributed by atoms with Crippen molar-refractivity contribution in [2.75, 3.05) is 7.11 Å². The highest BCUT2D eigenvalue weighted by atomic mass is 35.5. The largest absolute Gasteiger partial charge is 0.495 e. The number of methoxy groups -OCH3 is 1. The number of benzene rings is 2. The molecule has 0 heterocycles. The van der Waals surface area contributed by atoms with Gasteiger partial charge in [-0.15, -0.1) is 0 Å². The van der Waals surface area contributed by atoms with Crippen LogP contribution in [0.1, 0.15) is 11.1 Å². The molecule has 0 bridgehead atoms. The third-order valence-electron chi connectivity index (χ3n) is 3.17. The molecule has 1 N–H and O–H groups in total. The first-order chi connectivity index (χ1) is 11.5. The number of hydrogen-bond donors (Lipinski definition) is 1. The molecular formula is C15H12ClF4NO3S. The quantitative estimate of drug-likeness (QED) is 0.776. The van der Waals surface area contributed by atoms with E-state index in [-0.39, 0.29) is 21.2 Å². The van der Waals surface area contributed by atoms with Crippen LogP contribution in [0.4, 0.5) is 17.6 Å². The number of halogens is 5. The fourth-order valence-electron chi connectivity index (χ4n) is 2.03. The molecule has 0 fully saturated rings. The lowest BCUT2D eigenvalue weighted by molar-refractivity contribution is -0.137. The van der Waals surface area contributed by atoms with Crippen molar-refractivity contribution in [1.82, 2.24) is 4.72 Å². The summed E-state index contributed by atoms with van der Waals surface area (Å²) in [4.78, 5) is -0.282. The Labute approximate surface area is 146 Å². The Hall–Kier alpha value is -1.84. The molecule has 25 heavy (non-hydrogen) atoms. The minimum Gasteiger partial charge on any atom is -0.495 e. The van der Waals surface area contributed by atoms with Crippen LogP contribution in [0.3, 0.4) is 0 Å². The summed E-state index contributed by atoms with van der Waals surface area (Å²) in [6.07, 6.45) is -4.74. The summed E-state index contributed by atoms with van der Waals surface area (Å²) in [5, 5.41) is 0.131. The zero-order chi connectivity index (χ0) is 18.8. The second kappa shape index (κ2) is 7.19. The average Bonchev–Trinajstić information content (AvgIpc) is 2.52. The minimum absolute atomic E-state index is 0.00660. The Kier molecular flexibility index (Phi) is 5.60. The maximum atomic E-state index is 13.4. The monoisotopic (exact) mass is 397 g/mol. The van der Waals surface area contributed by atoms with Gasteiger partial charge in [-0.3, -0.25) is 0 Å². The van der Waals surface area contributed by atoms with Crippen molar-refractivity contribution < 1.29 is 30.7 Å². The maximum absolute atomic E-state index is 13.4. The van der Waals surface area contributed by atoms with Crippen molar-refractivity contribution in [1.29, 1.82) is 0 Å². The van der Waals surface area contributed by atoms with Crippen molar-refractivity contribution in [3.63, 3.8) is 0 Å². The van der Waals surface area contributed by atoms with E-state index < -0.39 is 34.1 Å². The summed E-state index contributed by atoms with van der Waals surface area (Å²) in [5.74, 6) is -1.11. The molecule has 0 aromatic heterocycles. The first-order valence-electron chi connectivity index (χ1n) is 6.73. The fraction of sp³-hybridized carbons (Fsp3) is 0.200. The molecule has 2 aromatic carbocycles. The van der Waals surface area contributed by atoms with E-state index in [0.29, 0.717) is 12.1 Å². The second-order valence-corrected chi connectivity index (χ2v) is 7.14. The lowest BCUT2D eigenvalue weighted by Crippen LogP contribution is -2.24. The van der Waals surface area contributed by atoms with Crippen LogP contribution in [-0.4, -0.2) is 15.5 Å². The molecule has 0 saturated carbocycles. The van der Waals surface area contributed by atoms with E-state index in [2.05, 4.69) is 4.72 Å². The molecule has 0 aliphatic heterocycles. The van der Waals surface area contributed by atoms with E-state index in [4.69, 9.17) is 16.3 Å². The summed E-state index contributed by atoms with van der Waals surface area (Å²) >= 11 is 5.77. The Balaban J connectivity index is 2.29. The molecule has 10 heteroatoms. The van der Waals surface area contributed by atoms with Crippen LogP contribution in [0.5, 0.6) is 5.75 Å². The Morgan fingerprint density at radius 3 is 2.44 bits per heavy atom. The molecule has 4 nitrogen and oxygen atoms in total. The van der Waals surface area contributed by atoms with Crippen LogP contribution in [0.2, 0.25) is 5.02 Å². The molecule has 0 aliphatic carbocycles. The molecule has 0 unspecified atom stereocenters. The molecule has 136 valence electrons. The number of ether oxygens (including phenoxy) is 1. The predicted octanol–water partition coefficient (Wildman–Crippen LogP) is 3.99. The Morgan fingerprint density at radius 2 is 1.84 bits per heavy atom. The van der Waals surface area contributed by atoms with Gasteiger partial charge in [0.25, 0.3) is 0 Å². The Morgan fingerprint density at radius 1 is 1.16 bits per heavy atom. The lowest BCUT2D eigenvalue weighted by Gasteiger charge is -2.12. The van der Waals surface area contributed by atoms with E-state index >= 15 is 0 Å². The van der Waals surface area contributed by atoms with Crippen LogP contribution in [-0.2, 0) is 22.7 Å². The fourth-order valence-corrected chi connectivity index (χ4v) is 3.48. The SMILES string of the molecule is COc1ccc(Cl)cc1S(=O)(=O)NCc1cc(F)cc(C(F)(F)F)c1. The van der Waals surface area contributed by atoms with E-state index in [0.717, 1.165) is 12.1 Å².